The molecule has 17 heavy (non-hydrogen) atoms. The van der Waals surface area contributed by atoms with Crippen LogP contribution in [-0.4, -0.2) is 13.7 Å². The Morgan fingerprint density at radius 3 is 2.53 bits per heavy atom. The van der Waals surface area contributed by atoms with E-state index in [4.69, 9.17) is 0 Å². The van der Waals surface area contributed by atoms with Gasteiger partial charge in [0.1, 0.15) is 11.6 Å². The summed E-state index contributed by atoms with van der Waals surface area (Å²) in [7, 11) is -3.37. The number of halogens is 2. The minimum Gasteiger partial charge on any atom is -0.212 e. The zero-order chi connectivity index (χ0) is 12.6. The van der Waals surface area contributed by atoms with Crippen LogP contribution in [0.5, 0.6) is 0 Å². The Kier molecular flexibility index (Phi) is 3.18. The molecule has 1 N–H and O–H groups in total. The molecule has 6 heteroatoms. The van der Waals surface area contributed by atoms with E-state index in [9.17, 15) is 17.2 Å². The van der Waals surface area contributed by atoms with Crippen LogP contribution in [0, 0.1) is 11.6 Å². The molecule has 0 unspecified atom stereocenters. The molecule has 0 aliphatic heterocycles. The Morgan fingerprint density at radius 1 is 1.35 bits per heavy atom. The zero-order valence-electron chi connectivity index (χ0n) is 9.28. The van der Waals surface area contributed by atoms with Gasteiger partial charge in [-0.3, -0.25) is 0 Å². The van der Waals surface area contributed by atoms with E-state index in [1.54, 1.807) is 0 Å². The summed E-state index contributed by atoms with van der Waals surface area (Å²) in [6, 6.07) is 2.42. The largest absolute Gasteiger partial charge is 0.215 e. The van der Waals surface area contributed by atoms with Crippen LogP contribution < -0.4 is 4.72 Å². The van der Waals surface area contributed by atoms with Crippen LogP contribution in [0.25, 0.3) is 0 Å². The lowest BCUT2D eigenvalue weighted by atomic mass is 10.1. The second-order valence-corrected chi connectivity index (χ2v) is 6.24. The van der Waals surface area contributed by atoms with Crippen LogP contribution in [0.4, 0.5) is 8.78 Å². The van der Waals surface area contributed by atoms with Crippen LogP contribution in [-0.2, 0) is 10.0 Å². The van der Waals surface area contributed by atoms with Crippen molar-refractivity contribution >= 4 is 10.0 Å². The fourth-order valence-corrected chi connectivity index (χ4v) is 3.21. The summed E-state index contributed by atoms with van der Waals surface area (Å²) < 4.78 is 51.8. The smallest absolute Gasteiger partial charge is 0.212 e. The quantitative estimate of drug-likeness (QED) is 0.902. The molecule has 3 nitrogen and oxygen atoms in total. The van der Waals surface area contributed by atoms with E-state index in [1.165, 1.54) is 13.0 Å². The first kappa shape index (κ1) is 12.4. The number of hydrogen-bond donors (Lipinski definition) is 1. The molecule has 1 aliphatic carbocycles. The van der Waals surface area contributed by atoms with Crippen molar-refractivity contribution in [3.05, 3.63) is 35.4 Å². The molecule has 0 heterocycles. The van der Waals surface area contributed by atoms with Crippen molar-refractivity contribution in [1.29, 1.82) is 0 Å². The fourth-order valence-electron chi connectivity index (χ4n) is 1.64. The van der Waals surface area contributed by atoms with Crippen molar-refractivity contribution in [3.8, 4) is 0 Å². The van der Waals surface area contributed by atoms with Crippen molar-refractivity contribution in [3.63, 3.8) is 0 Å². The van der Waals surface area contributed by atoms with Gasteiger partial charge in [0.25, 0.3) is 0 Å². The van der Waals surface area contributed by atoms with E-state index in [2.05, 4.69) is 4.72 Å². The summed E-state index contributed by atoms with van der Waals surface area (Å²) in [5.41, 5.74) is 0.149. The van der Waals surface area contributed by atoms with E-state index >= 15 is 0 Å². The number of sulfonamides is 1. The second-order valence-electron chi connectivity index (χ2n) is 4.25. The molecule has 1 aromatic rings. The lowest BCUT2D eigenvalue weighted by Crippen LogP contribution is -2.30. The van der Waals surface area contributed by atoms with Gasteiger partial charge >= 0.3 is 0 Å². The maximum atomic E-state index is 13.4. The molecular formula is C11H13F2NO2S. The van der Waals surface area contributed by atoms with E-state index in [1.807, 2.05) is 0 Å². The first-order valence-electron chi connectivity index (χ1n) is 5.36. The molecule has 1 aromatic carbocycles. The molecule has 94 valence electrons. The van der Waals surface area contributed by atoms with Crippen molar-refractivity contribution in [1.82, 2.24) is 4.72 Å². The Bertz CT molecular complexity index is 526. The molecule has 1 fully saturated rings. The third-order valence-electron chi connectivity index (χ3n) is 2.73. The molecule has 1 saturated carbocycles. The van der Waals surface area contributed by atoms with Gasteiger partial charge in [-0.15, -0.1) is 0 Å². The number of benzene rings is 1. The molecule has 2 rings (SSSR count). The van der Waals surface area contributed by atoms with Gasteiger partial charge in [0.2, 0.25) is 10.0 Å². The number of hydrogen-bond acceptors (Lipinski definition) is 2. The third kappa shape index (κ3) is 2.81. The first-order valence-corrected chi connectivity index (χ1v) is 6.91. The highest BCUT2D eigenvalue weighted by molar-refractivity contribution is 7.90. The average Bonchev–Trinajstić information content (AvgIpc) is 2.98. The molecule has 0 amide bonds. The van der Waals surface area contributed by atoms with Crippen LogP contribution >= 0.6 is 0 Å². The highest BCUT2D eigenvalue weighted by Gasteiger charge is 2.36. The van der Waals surface area contributed by atoms with Gasteiger partial charge in [-0.2, -0.15) is 0 Å². The van der Waals surface area contributed by atoms with Gasteiger partial charge in [0.05, 0.1) is 5.25 Å². The summed E-state index contributed by atoms with van der Waals surface area (Å²) in [6.07, 6.45) is 1.29. The van der Waals surface area contributed by atoms with Crippen molar-refractivity contribution in [2.75, 3.05) is 0 Å². The number of rotatable bonds is 4. The van der Waals surface area contributed by atoms with Gasteiger partial charge in [-0.25, -0.2) is 21.9 Å². The maximum absolute atomic E-state index is 13.4. The average molecular weight is 261 g/mol. The topological polar surface area (TPSA) is 46.2 Å². The molecule has 1 atom stereocenters. The SMILES string of the molecule is C[C@@H](NS(=O)(=O)C1CC1)c1ccc(F)cc1F. The van der Waals surface area contributed by atoms with Crippen molar-refractivity contribution in [2.24, 2.45) is 0 Å². The minimum absolute atomic E-state index is 0.149. The standard InChI is InChI=1S/C11H13F2NO2S/c1-7(14-17(15,16)9-3-4-9)10-5-2-8(12)6-11(10)13/h2,5-7,9,14H,3-4H2,1H3/t7-/m1/s1. The van der Waals surface area contributed by atoms with Crippen molar-refractivity contribution in [2.45, 2.75) is 31.1 Å². The molecular weight excluding hydrogens is 248 g/mol. The summed E-state index contributed by atoms with van der Waals surface area (Å²) >= 11 is 0. The normalized spacial score (nSPS) is 18.1. The monoisotopic (exact) mass is 261 g/mol. The predicted molar refractivity (Wildman–Crippen MR) is 59.9 cm³/mol. The van der Waals surface area contributed by atoms with Gasteiger partial charge < -0.3 is 0 Å². The maximum Gasteiger partial charge on any atom is 0.215 e. The second kappa shape index (κ2) is 4.34. The van der Waals surface area contributed by atoms with Gasteiger partial charge in [0.15, 0.2) is 0 Å². The first-order chi connectivity index (χ1) is 7.90. The van der Waals surface area contributed by atoms with E-state index in [0.717, 1.165) is 12.1 Å². The van der Waals surface area contributed by atoms with Gasteiger partial charge in [-0.1, -0.05) is 6.07 Å². The van der Waals surface area contributed by atoms with Gasteiger partial charge in [-0.05, 0) is 25.8 Å². The highest BCUT2D eigenvalue weighted by Crippen LogP contribution is 2.29. The summed E-state index contributed by atoms with van der Waals surface area (Å²) in [6.45, 7) is 1.54. The predicted octanol–water partition coefficient (Wildman–Crippen LogP) is 2.11. The summed E-state index contributed by atoms with van der Waals surface area (Å²) in [5.74, 6) is -1.42. The summed E-state index contributed by atoms with van der Waals surface area (Å²) in [4.78, 5) is 0. The lowest BCUT2D eigenvalue weighted by Gasteiger charge is -2.15. The molecule has 0 spiro atoms. The van der Waals surface area contributed by atoms with Gasteiger partial charge in [0, 0.05) is 17.7 Å². The lowest BCUT2D eigenvalue weighted by molar-refractivity contribution is 0.539. The van der Waals surface area contributed by atoms with Crippen LogP contribution in [0.15, 0.2) is 18.2 Å². The molecule has 0 radical (unpaired) electrons. The van der Waals surface area contributed by atoms with Crippen LogP contribution in [0.2, 0.25) is 0 Å². The minimum atomic E-state index is -3.37. The molecule has 1 aliphatic rings. The third-order valence-corrected chi connectivity index (χ3v) is 4.76. The molecule has 0 bridgehead atoms. The molecule has 0 aromatic heterocycles. The van der Waals surface area contributed by atoms with Crippen LogP contribution in [0.1, 0.15) is 31.4 Å². The Morgan fingerprint density at radius 2 is 2.00 bits per heavy atom. The zero-order valence-corrected chi connectivity index (χ0v) is 10.1. The summed E-state index contributed by atoms with van der Waals surface area (Å²) in [5, 5.41) is -0.353. The van der Waals surface area contributed by atoms with E-state index in [-0.39, 0.29) is 10.8 Å². The number of nitrogens with one attached hydrogen (secondary N) is 1. The fraction of sp³-hybridized carbons (Fsp3) is 0.455. The van der Waals surface area contributed by atoms with Crippen LogP contribution in [0.3, 0.4) is 0 Å². The Labute approximate surface area is 98.9 Å². The highest BCUT2D eigenvalue weighted by atomic mass is 32.2. The molecule has 0 saturated heterocycles. The van der Waals surface area contributed by atoms with E-state index < -0.39 is 27.7 Å². The van der Waals surface area contributed by atoms with Crippen molar-refractivity contribution < 1.29 is 17.2 Å². The van der Waals surface area contributed by atoms with E-state index in [0.29, 0.717) is 12.8 Å². The Hall–Kier alpha value is -1.01. The Balaban J connectivity index is 2.17.